The van der Waals surface area contributed by atoms with Gasteiger partial charge in [-0.05, 0) is 64.1 Å². The van der Waals surface area contributed by atoms with Crippen LogP contribution in [0.15, 0.2) is 59.7 Å². The van der Waals surface area contributed by atoms with E-state index in [1.807, 2.05) is 27.7 Å². The summed E-state index contributed by atoms with van der Waals surface area (Å²) in [6, 6.07) is 12.8. The van der Waals surface area contributed by atoms with Crippen LogP contribution in [0.2, 0.25) is 5.02 Å². The Hall–Kier alpha value is -3.97. The Labute approximate surface area is 238 Å². The molecule has 14 heteroatoms. The third kappa shape index (κ3) is 6.51. The molecule has 1 unspecified atom stereocenters. The zero-order valence-corrected chi connectivity index (χ0v) is 23.5. The zero-order chi connectivity index (χ0) is 30.1. The minimum absolute atomic E-state index is 0.0467. The number of hydrogen-bond acceptors (Lipinski definition) is 6. The van der Waals surface area contributed by atoms with Crippen LogP contribution in [-0.2, 0) is 13.1 Å². The molecule has 0 spiro atoms. The molecular formula is C27H29ClF3N7O3. The van der Waals surface area contributed by atoms with Gasteiger partial charge in [0, 0.05) is 22.7 Å². The number of hydrogen-bond donors (Lipinski definition) is 1. The topological polar surface area (TPSA) is 111 Å². The van der Waals surface area contributed by atoms with Crippen molar-refractivity contribution in [2.24, 2.45) is 0 Å². The minimum atomic E-state index is -4.94. The lowest BCUT2D eigenvalue weighted by Gasteiger charge is -2.31. The van der Waals surface area contributed by atoms with Crippen molar-refractivity contribution in [2.45, 2.75) is 65.1 Å². The van der Waals surface area contributed by atoms with Gasteiger partial charge in [-0.3, -0.25) is 9.36 Å². The van der Waals surface area contributed by atoms with Crippen LogP contribution < -0.4 is 5.69 Å². The molecule has 0 fully saturated rings. The van der Waals surface area contributed by atoms with E-state index in [-0.39, 0.29) is 36.2 Å². The van der Waals surface area contributed by atoms with Gasteiger partial charge in [0.25, 0.3) is 5.91 Å². The molecule has 0 aliphatic heterocycles. The van der Waals surface area contributed by atoms with E-state index >= 15 is 0 Å². The standard InChI is InChI=1S/C27H29ClF3N7O3/c1-16(2)38(17(3)4)25(40)20-7-5-6-8-21(20)37-15-32-23(33-37)14-36-26(41)35(13-22(39)27(29,30)31)24(34-36)18-9-11-19(28)12-10-18/h5-12,15-17,22,39H,13-14H2,1-4H3. The van der Waals surface area contributed by atoms with Crippen molar-refractivity contribution in [2.75, 3.05) is 0 Å². The SMILES string of the molecule is CC(C)N(C(=O)c1ccccc1-n1cnc(Cn2nc(-c3ccc(Cl)cc3)n(CC(O)C(F)(F)F)c2=O)n1)C(C)C. The second kappa shape index (κ2) is 11.9. The molecular weight excluding hydrogens is 563 g/mol. The molecule has 1 atom stereocenters. The molecule has 10 nitrogen and oxygen atoms in total. The molecule has 4 rings (SSSR count). The Kier molecular flexibility index (Phi) is 8.69. The maximum absolute atomic E-state index is 13.4. The summed E-state index contributed by atoms with van der Waals surface area (Å²) in [5.74, 6) is -0.149. The van der Waals surface area contributed by atoms with Gasteiger partial charge in [0.05, 0.1) is 17.8 Å². The van der Waals surface area contributed by atoms with Crippen molar-refractivity contribution >= 4 is 17.5 Å². The van der Waals surface area contributed by atoms with Crippen molar-refractivity contribution in [1.82, 2.24) is 34.0 Å². The van der Waals surface area contributed by atoms with E-state index in [4.69, 9.17) is 11.6 Å². The first-order valence-corrected chi connectivity index (χ1v) is 13.2. The van der Waals surface area contributed by atoms with E-state index in [9.17, 15) is 27.9 Å². The molecule has 2 heterocycles. The normalized spacial score (nSPS) is 12.8. The van der Waals surface area contributed by atoms with Crippen LogP contribution in [0.4, 0.5) is 13.2 Å². The first-order chi connectivity index (χ1) is 19.3. The largest absolute Gasteiger partial charge is 0.416 e. The second-order valence-corrected chi connectivity index (χ2v) is 10.4. The molecule has 1 N–H and O–H groups in total. The van der Waals surface area contributed by atoms with Gasteiger partial charge in [0.1, 0.15) is 12.9 Å². The molecule has 218 valence electrons. The number of carbonyl (C=O) groups is 1. The number of para-hydroxylation sites is 1. The predicted molar refractivity (Wildman–Crippen MR) is 146 cm³/mol. The van der Waals surface area contributed by atoms with E-state index < -0.39 is 24.5 Å². The summed E-state index contributed by atoms with van der Waals surface area (Å²) < 4.78 is 42.5. The average Bonchev–Trinajstić information content (AvgIpc) is 3.48. The zero-order valence-electron chi connectivity index (χ0n) is 22.7. The van der Waals surface area contributed by atoms with Gasteiger partial charge in [-0.25, -0.2) is 19.1 Å². The van der Waals surface area contributed by atoms with E-state index in [1.165, 1.54) is 35.3 Å². The van der Waals surface area contributed by atoms with Gasteiger partial charge in [-0.2, -0.15) is 13.2 Å². The number of aliphatic hydroxyl groups is 1. The molecule has 1 amide bonds. The maximum Gasteiger partial charge on any atom is 0.416 e. The number of carbonyl (C=O) groups excluding carboxylic acids is 1. The highest BCUT2D eigenvalue weighted by molar-refractivity contribution is 6.30. The second-order valence-electron chi connectivity index (χ2n) is 9.96. The molecule has 41 heavy (non-hydrogen) atoms. The number of benzene rings is 2. The van der Waals surface area contributed by atoms with Crippen molar-refractivity contribution in [3.8, 4) is 17.1 Å². The van der Waals surface area contributed by atoms with Crippen LogP contribution in [0.25, 0.3) is 17.1 Å². The van der Waals surface area contributed by atoms with E-state index in [0.29, 0.717) is 21.8 Å². The number of aliphatic hydroxyl groups excluding tert-OH is 1. The number of aromatic nitrogens is 6. The number of rotatable bonds is 9. The highest BCUT2D eigenvalue weighted by atomic mass is 35.5. The van der Waals surface area contributed by atoms with Crippen molar-refractivity contribution in [1.29, 1.82) is 0 Å². The molecule has 0 radical (unpaired) electrons. The van der Waals surface area contributed by atoms with Gasteiger partial charge < -0.3 is 10.0 Å². The molecule has 2 aromatic heterocycles. The van der Waals surface area contributed by atoms with Crippen LogP contribution >= 0.6 is 11.6 Å². The molecule has 4 aromatic rings. The number of amides is 1. The van der Waals surface area contributed by atoms with Crippen molar-refractivity contribution in [3.05, 3.63) is 81.8 Å². The fraction of sp³-hybridized carbons (Fsp3) is 0.370. The summed E-state index contributed by atoms with van der Waals surface area (Å²) in [6.45, 7) is 6.38. The third-order valence-corrected chi connectivity index (χ3v) is 6.57. The van der Waals surface area contributed by atoms with Crippen molar-refractivity contribution < 1.29 is 23.1 Å². The lowest BCUT2D eigenvalue weighted by atomic mass is 10.1. The van der Waals surface area contributed by atoms with Crippen LogP contribution in [0.1, 0.15) is 43.9 Å². The summed E-state index contributed by atoms with van der Waals surface area (Å²) in [5.41, 5.74) is 0.301. The predicted octanol–water partition coefficient (Wildman–Crippen LogP) is 4.18. The van der Waals surface area contributed by atoms with Gasteiger partial charge >= 0.3 is 11.9 Å². The fourth-order valence-electron chi connectivity index (χ4n) is 4.48. The number of nitrogens with zero attached hydrogens (tertiary/aromatic N) is 7. The van der Waals surface area contributed by atoms with Gasteiger partial charge in [-0.1, -0.05) is 23.7 Å². The van der Waals surface area contributed by atoms with E-state index in [0.717, 1.165) is 9.25 Å². The Morgan fingerprint density at radius 1 is 1.02 bits per heavy atom. The smallest absolute Gasteiger partial charge is 0.382 e. The van der Waals surface area contributed by atoms with E-state index in [2.05, 4.69) is 15.2 Å². The van der Waals surface area contributed by atoms with Gasteiger partial charge in [0.15, 0.2) is 17.8 Å². The van der Waals surface area contributed by atoms with Crippen LogP contribution in [0, 0.1) is 0 Å². The number of alkyl halides is 3. The quantitative estimate of drug-likeness (QED) is 0.313. The average molecular weight is 592 g/mol. The molecule has 2 aromatic carbocycles. The van der Waals surface area contributed by atoms with Crippen molar-refractivity contribution in [3.63, 3.8) is 0 Å². The lowest BCUT2D eigenvalue weighted by Crippen LogP contribution is -2.42. The van der Waals surface area contributed by atoms with Gasteiger partial charge in [0.2, 0.25) is 0 Å². The summed E-state index contributed by atoms with van der Waals surface area (Å²) in [5, 5.41) is 18.7. The van der Waals surface area contributed by atoms with E-state index in [1.54, 1.807) is 29.2 Å². The minimum Gasteiger partial charge on any atom is -0.382 e. The summed E-state index contributed by atoms with van der Waals surface area (Å²) in [7, 11) is 0. The highest BCUT2D eigenvalue weighted by Crippen LogP contribution is 2.24. The Bertz CT molecular complexity index is 1570. The lowest BCUT2D eigenvalue weighted by molar-refractivity contribution is -0.207. The fourth-order valence-corrected chi connectivity index (χ4v) is 4.60. The van der Waals surface area contributed by atoms with Crippen LogP contribution in [0.5, 0.6) is 0 Å². The Morgan fingerprint density at radius 3 is 2.27 bits per heavy atom. The maximum atomic E-state index is 13.4. The first kappa shape index (κ1) is 30.0. The molecule has 0 aliphatic carbocycles. The molecule has 0 saturated heterocycles. The molecule has 0 saturated carbocycles. The Balaban J connectivity index is 1.69. The van der Waals surface area contributed by atoms with Crippen LogP contribution in [0.3, 0.4) is 0 Å². The van der Waals surface area contributed by atoms with Crippen LogP contribution in [-0.4, -0.2) is 69.4 Å². The monoisotopic (exact) mass is 591 g/mol. The highest BCUT2D eigenvalue weighted by Gasteiger charge is 2.39. The molecule has 0 bridgehead atoms. The summed E-state index contributed by atoms with van der Waals surface area (Å²) in [4.78, 5) is 32.6. The number of halogens is 4. The summed E-state index contributed by atoms with van der Waals surface area (Å²) in [6.07, 6.45) is -6.34. The molecule has 0 aliphatic rings. The third-order valence-electron chi connectivity index (χ3n) is 6.32. The first-order valence-electron chi connectivity index (χ1n) is 12.8. The van der Waals surface area contributed by atoms with Gasteiger partial charge in [-0.15, -0.1) is 10.2 Å². The Morgan fingerprint density at radius 2 is 1.66 bits per heavy atom. The summed E-state index contributed by atoms with van der Waals surface area (Å²) >= 11 is 5.93.